The minimum absolute atomic E-state index is 0.141. The van der Waals surface area contributed by atoms with Crippen LogP contribution < -0.4 is 5.32 Å². The number of halogens is 4. The number of carbonyl (C=O) groups excluding carboxylic acids is 2. The van der Waals surface area contributed by atoms with Gasteiger partial charge in [-0.25, -0.2) is 0 Å². The molecule has 0 saturated heterocycles. The van der Waals surface area contributed by atoms with E-state index < -0.39 is 29.5 Å². The van der Waals surface area contributed by atoms with Crippen molar-refractivity contribution in [3.05, 3.63) is 76.8 Å². The van der Waals surface area contributed by atoms with Gasteiger partial charge in [-0.1, -0.05) is 67.1 Å². The molecule has 0 radical (unpaired) electrons. The molecule has 0 aromatic heterocycles. The molecule has 1 unspecified atom stereocenters. The SMILES string of the molecule is C[C@H](C(C(=O)Nc1cc([C@@H](CC(=O)OC(C)(C)C)C2CC2)ccc1Cl)c1ccc2ccccc2c1)C(F)(F)F. The average Bonchev–Trinajstić information content (AvgIpc) is 3.68. The van der Waals surface area contributed by atoms with E-state index in [4.69, 9.17) is 16.3 Å². The average molecular weight is 560 g/mol. The van der Waals surface area contributed by atoms with E-state index in [2.05, 4.69) is 5.32 Å². The topological polar surface area (TPSA) is 55.4 Å². The van der Waals surface area contributed by atoms with Crippen LogP contribution in [-0.2, 0) is 14.3 Å². The maximum atomic E-state index is 13.9. The summed E-state index contributed by atoms with van der Waals surface area (Å²) in [5, 5.41) is 4.49. The van der Waals surface area contributed by atoms with Crippen molar-refractivity contribution < 1.29 is 27.5 Å². The molecule has 8 heteroatoms. The van der Waals surface area contributed by atoms with E-state index in [0.29, 0.717) is 0 Å². The van der Waals surface area contributed by atoms with Gasteiger partial charge in [0.15, 0.2) is 0 Å². The van der Waals surface area contributed by atoms with Crippen LogP contribution in [0.3, 0.4) is 0 Å². The van der Waals surface area contributed by atoms with Gasteiger partial charge in [0.05, 0.1) is 29.0 Å². The second-order valence-corrected chi connectivity index (χ2v) is 11.8. The fourth-order valence-electron chi connectivity index (χ4n) is 4.96. The van der Waals surface area contributed by atoms with Gasteiger partial charge in [0.1, 0.15) is 5.60 Å². The minimum Gasteiger partial charge on any atom is -0.460 e. The van der Waals surface area contributed by atoms with Crippen LogP contribution in [0.4, 0.5) is 18.9 Å². The number of rotatable bonds is 8. The zero-order valence-corrected chi connectivity index (χ0v) is 23.2. The summed E-state index contributed by atoms with van der Waals surface area (Å²) in [7, 11) is 0. The predicted octanol–water partition coefficient (Wildman–Crippen LogP) is 8.64. The highest BCUT2D eigenvalue weighted by molar-refractivity contribution is 6.33. The monoisotopic (exact) mass is 559 g/mol. The Kier molecular flexibility index (Phi) is 8.31. The first kappa shape index (κ1) is 28.9. The highest BCUT2D eigenvalue weighted by Gasteiger charge is 2.45. The van der Waals surface area contributed by atoms with Gasteiger partial charge < -0.3 is 10.1 Å². The number of hydrogen-bond acceptors (Lipinski definition) is 3. The maximum absolute atomic E-state index is 13.9. The largest absolute Gasteiger partial charge is 0.460 e. The molecule has 3 atom stereocenters. The van der Waals surface area contributed by atoms with Gasteiger partial charge in [-0.15, -0.1) is 0 Å². The van der Waals surface area contributed by atoms with Crippen LogP contribution in [0.25, 0.3) is 10.8 Å². The summed E-state index contributed by atoms with van der Waals surface area (Å²) in [6, 6.07) is 17.3. The molecule has 39 heavy (non-hydrogen) atoms. The first-order valence-electron chi connectivity index (χ1n) is 13.1. The number of benzene rings is 3. The van der Waals surface area contributed by atoms with Crippen LogP contribution in [0.15, 0.2) is 60.7 Å². The maximum Gasteiger partial charge on any atom is 0.392 e. The predicted molar refractivity (Wildman–Crippen MR) is 148 cm³/mol. The lowest BCUT2D eigenvalue weighted by Crippen LogP contribution is -2.34. The van der Waals surface area contributed by atoms with Gasteiger partial charge in [0.25, 0.3) is 0 Å². The molecule has 3 aromatic rings. The van der Waals surface area contributed by atoms with E-state index in [1.54, 1.807) is 69.3 Å². The van der Waals surface area contributed by atoms with Crippen LogP contribution in [0, 0.1) is 11.8 Å². The van der Waals surface area contributed by atoms with Crippen LogP contribution in [0.1, 0.15) is 69.9 Å². The summed E-state index contributed by atoms with van der Waals surface area (Å²) >= 11 is 6.40. The Bertz CT molecular complexity index is 1360. The Labute approximate surface area is 231 Å². The molecule has 0 spiro atoms. The normalized spacial score (nSPS) is 16.4. The van der Waals surface area contributed by atoms with E-state index >= 15 is 0 Å². The van der Waals surface area contributed by atoms with Crippen molar-refractivity contribution in [3.8, 4) is 0 Å². The van der Waals surface area contributed by atoms with Gasteiger partial charge in [-0.2, -0.15) is 13.2 Å². The van der Waals surface area contributed by atoms with Gasteiger partial charge >= 0.3 is 12.1 Å². The van der Waals surface area contributed by atoms with Crippen molar-refractivity contribution in [2.75, 3.05) is 5.32 Å². The smallest absolute Gasteiger partial charge is 0.392 e. The van der Waals surface area contributed by atoms with Crippen LogP contribution >= 0.6 is 11.6 Å². The number of carbonyl (C=O) groups is 2. The summed E-state index contributed by atoms with van der Waals surface area (Å²) in [4.78, 5) is 26.1. The van der Waals surface area contributed by atoms with E-state index in [1.807, 2.05) is 12.1 Å². The summed E-state index contributed by atoms with van der Waals surface area (Å²) in [6.45, 7) is 6.43. The fraction of sp³-hybridized carbons (Fsp3) is 0.419. The molecule has 4 rings (SSSR count). The number of hydrogen-bond donors (Lipinski definition) is 1. The van der Waals surface area contributed by atoms with E-state index in [9.17, 15) is 22.8 Å². The molecule has 1 aliphatic rings. The Morgan fingerprint density at radius 3 is 2.23 bits per heavy atom. The second-order valence-electron chi connectivity index (χ2n) is 11.4. The van der Waals surface area contributed by atoms with Crippen LogP contribution in [-0.4, -0.2) is 23.7 Å². The lowest BCUT2D eigenvalue weighted by molar-refractivity contribution is -0.178. The van der Waals surface area contributed by atoms with E-state index in [-0.39, 0.29) is 40.5 Å². The van der Waals surface area contributed by atoms with Crippen LogP contribution in [0.2, 0.25) is 5.02 Å². The third-order valence-corrected chi connectivity index (χ3v) is 7.44. The molecular formula is C31H33ClF3NO3. The molecule has 0 aliphatic heterocycles. The number of amides is 1. The number of nitrogens with one attached hydrogen (secondary N) is 1. The molecule has 1 saturated carbocycles. The third-order valence-electron chi connectivity index (χ3n) is 7.11. The molecule has 208 valence electrons. The standard InChI is InChI=1S/C31H33ClF3NO3/c1-18(31(33,34)35)28(23-12-9-19-7-5-6-8-21(19)15-23)29(38)36-26-16-22(13-14-25(26)32)24(20-10-11-20)17-27(37)39-30(2,3)4/h5-9,12-16,18,20,24,28H,10-11,17H2,1-4H3,(H,36,38)/t18-,24+,28?/m1/s1. The van der Waals surface area contributed by atoms with E-state index in [1.165, 1.54) is 0 Å². The lowest BCUT2D eigenvalue weighted by Gasteiger charge is -2.26. The van der Waals surface area contributed by atoms with Crippen molar-refractivity contribution in [3.63, 3.8) is 0 Å². The lowest BCUT2D eigenvalue weighted by atomic mass is 9.84. The van der Waals surface area contributed by atoms with Crippen molar-refractivity contribution >= 4 is 39.9 Å². The van der Waals surface area contributed by atoms with Gasteiger partial charge in [-0.05, 0) is 79.5 Å². The van der Waals surface area contributed by atoms with Gasteiger partial charge in [0, 0.05) is 0 Å². The minimum atomic E-state index is -4.59. The fourth-order valence-corrected chi connectivity index (χ4v) is 5.12. The Balaban J connectivity index is 1.63. The highest BCUT2D eigenvalue weighted by Crippen LogP contribution is 2.46. The molecule has 0 heterocycles. The Morgan fingerprint density at radius 2 is 1.62 bits per heavy atom. The molecule has 1 amide bonds. The Morgan fingerprint density at radius 1 is 0.974 bits per heavy atom. The van der Waals surface area contributed by atoms with E-state index in [0.717, 1.165) is 36.1 Å². The molecular weight excluding hydrogens is 527 g/mol. The second kappa shape index (κ2) is 11.2. The first-order chi connectivity index (χ1) is 18.2. The molecule has 3 aromatic carbocycles. The molecule has 0 bridgehead atoms. The number of fused-ring (bicyclic) bond motifs is 1. The van der Waals surface area contributed by atoms with Gasteiger partial charge in [0.2, 0.25) is 5.91 Å². The number of alkyl halides is 3. The summed E-state index contributed by atoms with van der Waals surface area (Å²) in [5.74, 6) is -4.40. The van der Waals surface area contributed by atoms with Crippen LogP contribution in [0.5, 0.6) is 0 Å². The Hall–Kier alpha value is -3.06. The summed E-state index contributed by atoms with van der Waals surface area (Å²) in [5.41, 5.74) is 0.657. The molecule has 4 nitrogen and oxygen atoms in total. The zero-order chi connectivity index (χ0) is 28.5. The van der Waals surface area contributed by atoms with Crippen molar-refractivity contribution in [1.29, 1.82) is 0 Å². The molecule has 1 N–H and O–H groups in total. The van der Waals surface area contributed by atoms with Crippen molar-refractivity contribution in [1.82, 2.24) is 0 Å². The highest BCUT2D eigenvalue weighted by atomic mass is 35.5. The number of esters is 1. The van der Waals surface area contributed by atoms with Crippen molar-refractivity contribution in [2.24, 2.45) is 11.8 Å². The first-order valence-corrected chi connectivity index (χ1v) is 13.5. The van der Waals surface area contributed by atoms with Gasteiger partial charge in [-0.3, -0.25) is 9.59 Å². The number of ether oxygens (including phenoxy) is 1. The quantitative estimate of drug-likeness (QED) is 0.281. The summed E-state index contributed by atoms with van der Waals surface area (Å²) in [6.07, 6.45) is -2.50. The van der Waals surface area contributed by atoms with Crippen molar-refractivity contribution in [2.45, 2.75) is 70.6 Å². The summed E-state index contributed by atoms with van der Waals surface area (Å²) < 4.78 is 47.3. The zero-order valence-electron chi connectivity index (χ0n) is 22.4. The molecule has 1 fully saturated rings. The third kappa shape index (κ3) is 7.33. The molecule has 1 aliphatic carbocycles. The number of anilines is 1.